The van der Waals surface area contributed by atoms with Crippen molar-refractivity contribution in [1.29, 1.82) is 0 Å². The van der Waals surface area contributed by atoms with Crippen molar-refractivity contribution in [3.63, 3.8) is 0 Å². The van der Waals surface area contributed by atoms with Crippen molar-refractivity contribution in [1.82, 2.24) is 20.7 Å². The summed E-state index contributed by atoms with van der Waals surface area (Å²) in [6.07, 6.45) is 2.13. The Labute approximate surface area is 108 Å². The summed E-state index contributed by atoms with van der Waals surface area (Å²) in [5.74, 6) is -0.542. The van der Waals surface area contributed by atoms with E-state index in [4.69, 9.17) is 0 Å². The average Bonchev–Trinajstić information content (AvgIpc) is 2.99. The molecule has 4 amide bonds. The van der Waals surface area contributed by atoms with Crippen molar-refractivity contribution in [3.8, 4) is 0 Å². The SMILES string of the molecule is O=C1NC(=O)C2(CCN(C(=O)c3ccon3)CC2)N1. The summed E-state index contributed by atoms with van der Waals surface area (Å²) in [7, 11) is 0. The molecule has 8 nitrogen and oxygen atoms in total. The minimum absolute atomic E-state index is 0.228. The van der Waals surface area contributed by atoms with Gasteiger partial charge in [0.1, 0.15) is 11.8 Å². The third-order valence-electron chi connectivity index (χ3n) is 3.58. The predicted molar refractivity (Wildman–Crippen MR) is 61.0 cm³/mol. The first-order chi connectivity index (χ1) is 9.11. The topological polar surface area (TPSA) is 105 Å². The molecule has 2 fully saturated rings. The van der Waals surface area contributed by atoms with Crippen LogP contribution in [0.3, 0.4) is 0 Å². The van der Waals surface area contributed by atoms with Gasteiger partial charge in [0.25, 0.3) is 11.8 Å². The lowest BCUT2D eigenvalue weighted by molar-refractivity contribution is -0.125. The van der Waals surface area contributed by atoms with Crippen LogP contribution in [0.15, 0.2) is 16.9 Å². The Bertz CT molecular complexity index is 531. The van der Waals surface area contributed by atoms with Gasteiger partial charge in [0, 0.05) is 19.2 Å². The minimum Gasteiger partial charge on any atom is -0.364 e. The molecule has 0 radical (unpaired) electrons. The standard InChI is InChI=1S/C11H12N4O4/c16-8(7-1-6-19-14-7)15-4-2-11(3-5-15)9(17)12-10(18)13-11/h1,6H,2-5H2,(H2,12,13,17,18). The number of aromatic nitrogens is 1. The second-order valence-electron chi connectivity index (χ2n) is 4.67. The first kappa shape index (κ1) is 11.7. The van der Waals surface area contributed by atoms with Crippen LogP contribution in [0.25, 0.3) is 0 Å². The van der Waals surface area contributed by atoms with Crippen molar-refractivity contribution < 1.29 is 18.9 Å². The second kappa shape index (κ2) is 4.08. The number of rotatable bonds is 1. The summed E-state index contributed by atoms with van der Waals surface area (Å²) in [5, 5.41) is 8.46. The number of amides is 4. The normalized spacial score (nSPS) is 21.4. The monoisotopic (exact) mass is 264 g/mol. The Kier molecular flexibility index (Phi) is 2.51. The number of urea groups is 1. The van der Waals surface area contributed by atoms with Crippen LogP contribution >= 0.6 is 0 Å². The van der Waals surface area contributed by atoms with E-state index in [1.807, 2.05) is 0 Å². The van der Waals surface area contributed by atoms with E-state index in [1.54, 1.807) is 4.90 Å². The molecule has 8 heteroatoms. The number of piperidine rings is 1. The largest absolute Gasteiger partial charge is 0.364 e. The van der Waals surface area contributed by atoms with Crippen molar-refractivity contribution in [2.75, 3.05) is 13.1 Å². The molecule has 0 saturated carbocycles. The number of nitrogens with one attached hydrogen (secondary N) is 2. The molecular weight excluding hydrogens is 252 g/mol. The maximum absolute atomic E-state index is 12.0. The molecule has 0 unspecified atom stereocenters. The number of carbonyl (C=O) groups is 3. The molecule has 1 spiro atoms. The summed E-state index contributed by atoms with van der Waals surface area (Å²) in [5.41, 5.74) is -0.617. The van der Waals surface area contributed by atoms with Crippen molar-refractivity contribution in [2.45, 2.75) is 18.4 Å². The second-order valence-corrected chi connectivity index (χ2v) is 4.67. The van der Waals surface area contributed by atoms with Crippen LogP contribution in [0.1, 0.15) is 23.3 Å². The van der Waals surface area contributed by atoms with Gasteiger partial charge in [-0.15, -0.1) is 0 Å². The smallest absolute Gasteiger partial charge is 0.322 e. The van der Waals surface area contributed by atoms with Crippen LogP contribution in [0.2, 0.25) is 0 Å². The third-order valence-corrected chi connectivity index (χ3v) is 3.58. The Morgan fingerprint density at radius 3 is 2.63 bits per heavy atom. The zero-order chi connectivity index (χ0) is 13.5. The highest BCUT2D eigenvalue weighted by atomic mass is 16.5. The lowest BCUT2D eigenvalue weighted by Crippen LogP contribution is -2.55. The summed E-state index contributed by atoms with van der Waals surface area (Å²) in [6.45, 7) is 0.777. The van der Waals surface area contributed by atoms with E-state index in [-0.39, 0.29) is 17.5 Å². The van der Waals surface area contributed by atoms with Gasteiger partial charge in [-0.05, 0) is 12.8 Å². The Hall–Kier alpha value is -2.38. The molecule has 3 heterocycles. The molecule has 2 saturated heterocycles. The van der Waals surface area contributed by atoms with Gasteiger partial charge in [0.05, 0.1) is 0 Å². The van der Waals surface area contributed by atoms with E-state index >= 15 is 0 Å². The molecule has 3 rings (SSSR count). The van der Waals surface area contributed by atoms with E-state index in [0.29, 0.717) is 25.9 Å². The summed E-state index contributed by atoms with van der Waals surface area (Å²) in [6, 6.07) is 1.03. The first-order valence-electron chi connectivity index (χ1n) is 5.94. The van der Waals surface area contributed by atoms with Crippen LogP contribution in [0, 0.1) is 0 Å². The van der Waals surface area contributed by atoms with Gasteiger partial charge in [0.15, 0.2) is 5.69 Å². The maximum atomic E-state index is 12.0. The lowest BCUT2D eigenvalue weighted by Gasteiger charge is -2.36. The number of carbonyl (C=O) groups excluding carboxylic acids is 3. The minimum atomic E-state index is -0.863. The van der Waals surface area contributed by atoms with Crippen molar-refractivity contribution in [2.24, 2.45) is 0 Å². The van der Waals surface area contributed by atoms with Crippen LogP contribution in [-0.4, -0.2) is 46.5 Å². The molecule has 0 bridgehead atoms. The Morgan fingerprint density at radius 1 is 1.37 bits per heavy atom. The van der Waals surface area contributed by atoms with Crippen molar-refractivity contribution >= 4 is 17.8 Å². The van der Waals surface area contributed by atoms with Gasteiger partial charge >= 0.3 is 6.03 Å². The summed E-state index contributed by atoms with van der Waals surface area (Å²) in [4.78, 5) is 36.5. The van der Waals surface area contributed by atoms with Crippen LogP contribution in [0.4, 0.5) is 4.79 Å². The molecule has 1 aromatic heterocycles. The Balaban J connectivity index is 1.68. The van der Waals surface area contributed by atoms with Crippen LogP contribution in [-0.2, 0) is 4.79 Å². The van der Waals surface area contributed by atoms with E-state index < -0.39 is 11.6 Å². The number of hydrogen-bond acceptors (Lipinski definition) is 5. The molecule has 100 valence electrons. The van der Waals surface area contributed by atoms with Gasteiger partial charge in [-0.2, -0.15) is 0 Å². The quantitative estimate of drug-likeness (QED) is 0.665. The van der Waals surface area contributed by atoms with Crippen molar-refractivity contribution in [3.05, 3.63) is 18.0 Å². The Morgan fingerprint density at radius 2 is 2.11 bits per heavy atom. The van der Waals surface area contributed by atoms with Gasteiger partial charge in [-0.3, -0.25) is 14.9 Å². The fourth-order valence-electron chi connectivity index (χ4n) is 2.46. The van der Waals surface area contributed by atoms with Gasteiger partial charge in [-0.25, -0.2) is 4.79 Å². The average molecular weight is 264 g/mol. The number of likely N-dealkylation sites (tertiary alicyclic amines) is 1. The molecule has 1 aromatic rings. The number of nitrogens with zero attached hydrogens (tertiary/aromatic N) is 2. The number of imide groups is 1. The highest BCUT2D eigenvalue weighted by Gasteiger charge is 2.48. The lowest BCUT2D eigenvalue weighted by atomic mass is 9.87. The van der Waals surface area contributed by atoms with E-state index in [1.165, 1.54) is 12.3 Å². The molecular formula is C11H12N4O4. The molecule has 2 aliphatic heterocycles. The predicted octanol–water partition coefficient (Wildman–Crippen LogP) is -0.511. The zero-order valence-electron chi connectivity index (χ0n) is 10.0. The third kappa shape index (κ3) is 1.85. The van der Waals surface area contributed by atoms with E-state index in [2.05, 4.69) is 20.3 Å². The highest BCUT2D eigenvalue weighted by molar-refractivity contribution is 6.07. The fraction of sp³-hybridized carbons (Fsp3) is 0.455. The molecule has 0 aliphatic carbocycles. The van der Waals surface area contributed by atoms with Gasteiger partial charge in [-0.1, -0.05) is 5.16 Å². The molecule has 2 aliphatic rings. The highest BCUT2D eigenvalue weighted by Crippen LogP contribution is 2.26. The molecule has 0 atom stereocenters. The van der Waals surface area contributed by atoms with Crippen LogP contribution in [0.5, 0.6) is 0 Å². The molecule has 19 heavy (non-hydrogen) atoms. The number of hydrogen-bond donors (Lipinski definition) is 2. The zero-order valence-corrected chi connectivity index (χ0v) is 10.0. The van der Waals surface area contributed by atoms with Gasteiger partial charge in [0.2, 0.25) is 0 Å². The summed E-state index contributed by atoms with van der Waals surface area (Å²) >= 11 is 0. The maximum Gasteiger partial charge on any atom is 0.322 e. The van der Waals surface area contributed by atoms with E-state index in [0.717, 1.165) is 0 Å². The summed E-state index contributed by atoms with van der Waals surface area (Å²) < 4.78 is 4.63. The fourth-order valence-corrected chi connectivity index (χ4v) is 2.46. The molecule has 2 N–H and O–H groups in total. The first-order valence-corrected chi connectivity index (χ1v) is 5.94. The van der Waals surface area contributed by atoms with Gasteiger partial charge < -0.3 is 14.7 Å². The van der Waals surface area contributed by atoms with Crippen LogP contribution < -0.4 is 10.6 Å². The molecule has 0 aromatic carbocycles. The van der Waals surface area contributed by atoms with E-state index in [9.17, 15) is 14.4 Å².